The molecule has 1 aliphatic heterocycles. The molecule has 2 aliphatic rings. The van der Waals surface area contributed by atoms with E-state index >= 15 is 0 Å². The first kappa shape index (κ1) is 31.2. The molecule has 192 valence electrons. The fourth-order valence-corrected chi connectivity index (χ4v) is 3.85. The minimum absolute atomic E-state index is 0.0515. The molecule has 0 aromatic heterocycles. The van der Waals surface area contributed by atoms with Crippen LogP contribution in [-0.4, -0.2) is 78.7 Å². The van der Waals surface area contributed by atoms with Gasteiger partial charge in [-0.05, 0) is 44.6 Å². The summed E-state index contributed by atoms with van der Waals surface area (Å²) in [5.74, 6) is -0.421. The number of likely N-dealkylation sites (N-methyl/N-ethyl adjacent to an activating group) is 1. The lowest BCUT2D eigenvalue weighted by Crippen LogP contribution is -2.57. The van der Waals surface area contributed by atoms with Crippen LogP contribution in [0.15, 0.2) is 4.99 Å². The van der Waals surface area contributed by atoms with E-state index in [0.717, 1.165) is 39.2 Å². The van der Waals surface area contributed by atoms with Crippen LogP contribution in [0.3, 0.4) is 0 Å². The van der Waals surface area contributed by atoms with Gasteiger partial charge < -0.3 is 20.6 Å². The average molecular weight is 469 g/mol. The highest BCUT2D eigenvalue weighted by Crippen LogP contribution is 2.26. The summed E-state index contributed by atoms with van der Waals surface area (Å²) in [6, 6.07) is -1.16. The Morgan fingerprint density at radius 2 is 1.76 bits per heavy atom. The molecule has 3 atom stereocenters. The number of ketones is 1. The normalized spacial score (nSPS) is 19.7. The van der Waals surface area contributed by atoms with Crippen LogP contribution in [0.4, 0.5) is 0 Å². The quantitative estimate of drug-likeness (QED) is 0.427. The van der Waals surface area contributed by atoms with Gasteiger partial charge in [0.15, 0.2) is 5.78 Å². The molecule has 1 saturated carbocycles. The maximum atomic E-state index is 13.1. The Kier molecular flexibility index (Phi) is 15.1. The van der Waals surface area contributed by atoms with Gasteiger partial charge in [0.2, 0.25) is 11.8 Å². The van der Waals surface area contributed by atoms with Crippen LogP contribution in [0.2, 0.25) is 0 Å². The van der Waals surface area contributed by atoms with E-state index in [1.54, 1.807) is 11.9 Å². The summed E-state index contributed by atoms with van der Waals surface area (Å²) in [7, 11) is 2.78. The van der Waals surface area contributed by atoms with Crippen LogP contribution >= 0.6 is 0 Å². The van der Waals surface area contributed by atoms with E-state index in [1.807, 2.05) is 34.6 Å². The Balaban J connectivity index is 0.00000242. The van der Waals surface area contributed by atoms with Crippen LogP contribution in [0, 0.1) is 5.41 Å². The summed E-state index contributed by atoms with van der Waals surface area (Å²) in [6.45, 7) is 12.7. The highest BCUT2D eigenvalue weighted by atomic mass is 16.2. The predicted octanol–water partition coefficient (Wildman–Crippen LogP) is 2.72. The summed E-state index contributed by atoms with van der Waals surface area (Å²) in [6.07, 6.45) is 7.29. The van der Waals surface area contributed by atoms with Gasteiger partial charge in [0, 0.05) is 13.7 Å². The van der Waals surface area contributed by atoms with E-state index in [2.05, 4.69) is 22.5 Å². The maximum Gasteiger partial charge on any atom is 0.243 e. The number of rotatable bonds is 10. The number of carbonyl (C=O) groups excluding carboxylic acids is 3. The fraction of sp³-hybridized carbons (Fsp3) is 0.840. The van der Waals surface area contributed by atoms with Gasteiger partial charge in [0.05, 0.1) is 24.3 Å². The summed E-state index contributed by atoms with van der Waals surface area (Å²) in [5.41, 5.74) is -0.256. The van der Waals surface area contributed by atoms with Crippen molar-refractivity contribution < 1.29 is 19.5 Å². The number of nitrogens with zero attached hydrogens (tertiary/aromatic N) is 2. The molecule has 0 radical (unpaired) electrons. The van der Waals surface area contributed by atoms with E-state index in [9.17, 15) is 14.4 Å². The van der Waals surface area contributed by atoms with Crippen LogP contribution in [0.25, 0.3) is 0 Å². The van der Waals surface area contributed by atoms with Crippen molar-refractivity contribution >= 4 is 23.8 Å². The summed E-state index contributed by atoms with van der Waals surface area (Å²) >= 11 is 0. The van der Waals surface area contributed by atoms with E-state index in [-0.39, 0.29) is 35.1 Å². The minimum Gasteiger partial charge on any atom is -0.400 e. The van der Waals surface area contributed by atoms with Crippen molar-refractivity contribution in [1.82, 2.24) is 15.5 Å². The third-order valence-corrected chi connectivity index (χ3v) is 5.71. The fourth-order valence-electron chi connectivity index (χ4n) is 3.85. The highest BCUT2D eigenvalue weighted by Gasteiger charge is 2.41. The van der Waals surface area contributed by atoms with Crippen LogP contribution in [0.5, 0.6) is 0 Å². The number of likely N-dealkylation sites (tertiary alicyclic amines) is 1. The Labute approximate surface area is 201 Å². The molecule has 2 amide bonds. The molecule has 8 heteroatoms. The van der Waals surface area contributed by atoms with Crippen LogP contribution < -0.4 is 10.6 Å². The van der Waals surface area contributed by atoms with E-state index in [1.165, 1.54) is 6.21 Å². The van der Waals surface area contributed by atoms with E-state index < -0.39 is 12.1 Å². The molecular formula is C25H48N4O4. The van der Waals surface area contributed by atoms with Gasteiger partial charge in [-0.2, -0.15) is 0 Å². The van der Waals surface area contributed by atoms with Crippen molar-refractivity contribution in [2.75, 3.05) is 20.7 Å². The lowest BCUT2D eigenvalue weighted by atomic mass is 9.86. The molecule has 3 unspecified atom stereocenters. The monoisotopic (exact) mass is 468 g/mol. The van der Waals surface area contributed by atoms with Gasteiger partial charge in [0.1, 0.15) is 6.04 Å². The molecule has 1 heterocycles. The smallest absolute Gasteiger partial charge is 0.243 e. The number of hydrogen-bond donors (Lipinski definition) is 3. The molecule has 0 aromatic rings. The van der Waals surface area contributed by atoms with Gasteiger partial charge >= 0.3 is 0 Å². The second kappa shape index (κ2) is 15.9. The van der Waals surface area contributed by atoms with Crippen molar-refractivity contribution in [3.63, 3.8) is 0 Å². The zero-order valence-electron chi connectivity index (χ0n) is 22.1. The third kappa shape index (κ3) is 10.3. The second-order valence-electron chi connectivity index (χ2n) is 9.39. The number of carbonyl (C=O) groups is 3. The van der Waals surface area contributed by atoms with Gasteiger partial charge in [-0.1, -0.05) is 54.4 Å². The Morgan fingerprint density at radius 1 is 1.15 bits per heavy atom. The molecule has 3 N–H and O–H groups in total. The Bertz CT molecular complexity index is 626. The molecule has 0 spiro atoms. The molecule has 2 fully saturated rings. The molecule has 2 rings (SSSR count). The Morgan fingerprint density at radius 3 is 2.24 bits per heavy atom. The van der Waals surface area contributed by atoms with Gasteiger partial charge in [-0.3, -0.25) is 19.4 Å². The van der Waals surface area contributed by atoms with Crippen molar-refractivity contribution in [3.8, 4) is 0 Å². The largest absolute Gasteiger partial charge is 0.400 e. The SMILES string of the molecule is CC.CCCCC(NC(=O)C1CCCN1C(=O)C(NC)C(C)(C)C)C(=O)C=NC1CC1.CO. The number of nitrogens with one attached hydrogen (secondary N) is 2. The number of hydrogen-bond acceptors (Lipinski definition) is 6. The zero-order chi connectivity index (χ0) is 25.6. The van der Waals surface area contributed by atoms with Gasteiger partial charge in [-0.25, -0.2) is 0 Å². The molecular weight excluding hydrogens is 420 g/mol. The molecule has 1 saturated heterocycles. The van der Waals surface area contributed by atoms with Gasteiger partial charge in [-0.15, -0.1) is 0 Å². The van der Waals surface area contributed by atoms with Crippen LogP contribution in [0.1, 0.15) is 86.5 Å². The van der Waals surface area contributed by atoms with Crippen molar-refractivity contribution in [2.24, 2.45) is 10.4 Å². The maximum absolute atomic E-state index is 13.1. The molecule has 0 aromatic carbocycles. The van der Waals surface area contributed by atoms with E-state index in [0.29, 0.717) is 19.4 Å². The minimum atomic E-state index is -0.565. The van der Waals surface area contributed by atoms with Crippen LogP contribution in [-0.2, 0) is 14.4 Å². The Hall–Kier alpha value is -1.80. The number of amides is 2. The lowest BCUT2D eigenvalue weighted by Gasteiger charge is -2.35. The summed E-state index contributed by atoms with van der Waals surface area (Å²) in [5, 5.41) is 13.0. The summed E-state index contributed by atoms with van der Waals surface area (Å²) < 4.78 is 0. The number of Topliss-reactive ketones (excluding diaryl/α,β-unsaturated/α-hetero) is 1. The van der Waals surface area contributed by atoms with E-state index in [4.69, 9.17) is 5.11 Å². The van der Waals surface area contributed by atoms with Gasteiger partial charge in [0.25, 0.3) is 0 Å². The molecule has 8 nitrogen and oxygen atoms in total. The molecule has 33 heavy (non-hydrogen) atoms. The average Bonchev–Trinajstić information content (AvgIpc) is 3.49. The third-order valence-electron chi connectivity index (χ3n) is 5.71. The summed E-state index contributed by atoms with van der Waals surface area (Å²) in [4.78, 5) is 44.7. The number of aliphatic hydroxyl groups excluding tert-OH is 1. The van der Waals surface area contributed by atoms with Crippen molar-refractivity contribution in [1.29, 1.82) is 0 Å². The standard InChI is InChI=1S/C22H38N4O3.C2H6.CH4O/c1-6-7-9-16(18(27)14-24-15-11-12-15)25-20(28)17-10-8-13-26(17)21(29)19(23-5)22(2,3)4;2*1-2/h14-17,19,23H,6-13H2,1-5H3,(H,25,28);1-2H3;2H,1H3. The predicted molar refractivity (Wildman–Crippen MR) is 135 cm³/mol. The lowest BCUT2D eigenvalue weighted by molar-refractivity contribution is -0.142. The molecule has 1 aliphatic carbocycles. The number of aliphatic imine (C=N–C) groups is 1. The first-order valence-electron chi connectivity index (χ1n) is 12.5. The first-order valence-corrected chi connectivity index (χ1v) is 12.5. The number of aliphatic hydroxyl groups is 1. The van der Waals surface area contributed by atoms with Crippen molar-refractivity contribution in [2.45, 2.75) is 111 Å². The first-order chi connectivity index (χ1) is 15.7. The zero-order valence-corrected chi connectivity index (χ0v) is 22.1. The molecule has 0 bridgehead atoms. The highest BCUT2D eigenvalue weighted by molar-refractivity contribution is 6.30. The topological polar surface area (TPSA) is 111 Å². The van der Waals surface area contributed by atoms with Crippen molar-refractivity contribution in [3.05, 3.63) is 0 Å². The number of unbranched alkanes of at least 4 members (excludes halogenated alkanes) is 1. The second-order valence-corrected chi connectivity index (χ2v) is 9.39.